The summed E-state index contributed by atoms with van der Waals surface area (Å²) < 4.78 is 27.2. The van der Waals surface area contributed by atoms with E-state index in [2.05, 4.69) is 4.72 Å². The van der Waals surface area contributed by atoms with Gasteiger partial charge >= 0.3 is 0 Å². The monoisotopic (exact) mass is 316 g/mol. The van der Waals surface area contributed by atoms with Crippen molar-refractivity contribution in [3.05, 3.63) is 38.7 Å². The van der Waals surface area contributed by atoms with Gasteiger partial charge in [-0.05, 0) is 36.2 Å². The molecule has 0 aliphatic heterocycles. The van der Waals surface area contributed by atoms with Crippen LogP contribution in [0.1, 0.15) is 16.7 Å². The third-order valence-corrected chi connectivity index (χ3v) is 6.27. The second-order valence-electron chi connectivity index (χ2n) is 4.22. The molecule has 0 amide bonds. The van der Waals surface area contributed by atoms with Gasteiger partial charge in [0.1, 0.15) is 0 Å². The molecule has 0 fully saturated rings. The SMILES string of the molecule is CC(Cc1cccs1)NS(=O)(=O)c1ccsc1CN. The van der Waals surface area contributed by atoms with E-state index in [1.807, 2.05) is 24.4 Å². The summed E-state index contributed by atoms with van der Waals surface area (Å²) >= 11 is 3.00. The van der Waals surface area contributed by atoms with E-state index in [1.54, 1.807) is 22.8 Å². The maximum absolute atomic E-state index is 12.3. The van der Waals surface area contributed by atoms with Crippen molar-refractivity contribution in [3.63, 3.8) is 0 Å². The first kappa shape index (κ1) is 14.7. The van der Waals surface area contributed by atoms with E-state index in [9.17, 15) is 8.42 Å². The summed E-state index contributed by atoms with van der Waals surface area (Å²) in [4.78, 5) is 2.16. The summed E-state index contributed by atoms with van der Waals surface area (Å²) in [6, 6.07) is 5.43. The smallest absolute Gasteiger partial charge is 0.241 e. The molecule has 3 N–H and O–H groups in total. The Morgan fingerprint density at radius 2 is 2.11 bits per heavy atom. The average Bonchev–Trinajstić information content (AvgIpc) is 2.97. The lowest BCUT2D eigenvalue weighted by molar-refractivity contribution is 0.560. The molecule has 0 aliphatic carbocycles. The molecule has 0 saturated heterocycles. The van der Waals surface area contributed by atoms with Crippen molar-refractivity contribution in [2.24, 2.45) is 5.73 Å². The van der Waals surface area contributed by atoms with Crippen LogP contribution in [-0.2, 0) is 23.0 Å². The molecule has 2 heterocycles. The zero-order valence-electron chi connectivity index (χ0n) is 10.5. The van der Waals surface area contributed by atoms with Gasteiger partial charge in [0.2, 0.25) is 10.0 Å². The summed E-state index contributed by atoms with van der Waals surface area (Å²) in [5.41, 5.74) is 5.55. The van der Waals surface area contributed by atoms with Crippen molar-refractivity contribution >= 4 is 32.7 Å². The molecule has 2 aromatic rings. The van der Waals surface area contributed by atoms with Crippen LogP contribution in [-0.4, -0.2) is 14.5 Å². The van der Waals surface area contributed by atoms with Crippen LogP contribution >= 0.6 is 22.7 Å². The first-order chi connectivity index (χ1) is 9.03. The number of nitrogens with one attached hydrogen (secondary N) is 1. The van der Waals surface area contributed by atoms with Gasteiger partial charge in [0.15, 0.2) is 0 Å². The Hall–Kier alpha value is -0.730. The molecule has 104 valence electrons. The van der Waals surface area contributed by atoms with Gasteiger partial charge in [-0.2, -0.15) is 0 Å². The molecule has 0 radical (unpaired) electrons. The van der Waals surface area contributed by atoms with E-state index in [1.165, 1.54) is 16.2 Å². The van der Waals surface area contributed by atoms with Gasteiger partial charge in [0, 0.05) is 22.3 Å². The average molecular weight is 316 g/mol. The summed E-state index contributed by atoms with van der Waals surface area (Å²) in [7, 11) is -3.48. The lowest BCUT2D eigenvalue weighted by Gasteiger charge is -2.13. The third-order valence-electron chi connectivity index (χ3n) is 2.62. The summed E-state index contributed by atoms with van der Waals surface area (Å²) in [5.74, 6) is 0. The zero-order chi connectivity index (χ0) is 13.9. The van der Waals surface area contributed by atoms with Gasteiger partial charge in [0.05, 0.1) is 4.90 Å². The highest BCUT2D eigenvalue weighted by molar-refractivity contribution is 7.89. The molecule has 7 heteroatoms. The highest BCUT2D eigenvalue weighted by Crippen LogP contribution is 2.22. The second-order valence-corrected chi connectivity index (χ2v) is 7.93. The van der Waals surface area contributed by atoms with Crippen molar-refractivity contribution in [2.75, 3.05) is 0 Å². The lowest BCUT2D eigenvalue weighted by atomic mass is 10.2. The Kier molecular flexibility index (Phi) is 4.75. The summed E-state index contributed by atoms with van der Waals surface area (Å²) in [5, 5.41) is 3.74. The molecule has 0 saturated carbocycles. The number of hydrogen-bond donors (Lipinski definition) is 2. The minimum atomic E-state index is -3.48. The van der Waals surface area contributed by atoms with E-state index < -0.39 is 10.0 Å². The van der Waals surface area contributed by atoms with E-state index in [4.69, 9.17) is 5.73 Å². The summed E-state index contributed by atoms with van der Waals surface area (Å²) in [6.07, 6.45) is 0.693. The highest BCUT2D eigenvalue weighted by atomic mass is 32.2. The van der Waals surface area contributed by atoms with Crippen LogP contribution in [0.5, 0.6) is 0 Å². The normalized spacial score (nSPS) is 13.6. The fourth-order valence-corrected chi connectivity index (χ4v) is 5.23. The number of rotatable bonds is 6. The Morgan fingerprint density at radius 1 is 1.32 bits per heavy atom. The topological polar surface area (TPSA) is 72.2 Å². The molecule has 2 rings (SSSR count). The minimum Gasteiger partial charge on any atom is -0.326 e. The Labute approximate surface area is 121 Å². The molecule has 0 aromatic carbocycles. The molecule has 1 unspecified atom stereocenters. The highest BCUT2D eigenvalue weighted by Gasteiger charge is 2.21. The molecule has 1 atom stereocenters. The molecule has 4 nitrogen and oxygen atoms in total. The van der Waals surface area contributed by atoms with Gasteiger partial charge in [-0.25, -0.2) is 13.1 Å². The number of sulfonamides is 1. The zero-order valence-corrected chi connectivity index (χ0v) is 12.9. The third kappa shape index (κ3) is 3.64. The van der Waals surface area contributed by atoms with Crippen LogP contribution in [0.3, 0.4) is 0 Å². The fourth-order valence-electron chi connectivity index (χ4n) is 1.82. The molecule has 0 bridgehead atoms. The number of thiophene rings is 2. The molecular weight excluding hydrogens is 300 g/mol. The predicted octanol–water partition coefficient (Wildman–Crippen LogP) is 2.18. The Bertz CT molecular complexity index is 617. The fraction of sp³-hybridized carbons (Fsp3) is 0.333. The molecule has 0 spiro atoms. The number of hydrogen-bond acceptors (Lipinski definition) is 5. The van der Waals surface area contributed by atoms with Crippen LogP contribution < -0.4 is 10.5 Å². The minimum absolute atomic E-state index is 0.144. The standard InChI is InChI=1S/C12H16N2O2S3/c1-9(7-10-3-2-5-17-10)14-19(15,16)12-4-6-18-11(12)8-13/h2-6,9,14H,7-8,13H2,1H3. The molecule has 0 aliphatic rings. The van der Waals surface area contributed by atoms with Crippen LogP contribution in [0.2, 0.25) is 0 Å². The van der Waals surface area contributed by atoms with E-state index in [0.29, 0.717) is 16.2 Å². The van der Waals surface area contributed by atoms with Crippen molar-refractivity contribution in [2.45, 2.75) is 30.8 Å². The van der Waals surface area contributed by atoms with E-state index in [0.717, 1.165) is 0 Å². The quantitative estimate of drug-likeness (QED) is 0.858. The van der Waals surface area contributed by atoms with E-state index >= 15 is 0 Å². The predicted molar refractivity (Wildman–Crippen MR) is 80.0 cm³/mol. The second kappa shape index (κ2) is 6.15. The van der Waals surface area contributed by atoms with Crippen LogP contribution in [0.4, 0.5) is 0 Å². The first-order valence-corrected chi connectivity index (χ1v) is 9.08. The lowest BCUT2D eigenvalue weighted by Crippen LogP contribution is -2.34. The van der Waals surface area contributed by atoms with Crippen molar-refractivity contribution in [1.82, 2.24) is 4.72 Å². The van der Waals surface area contributed by atoms with Crippen LogP contribution in [0, 0.1) is 0 Å². The van der Waals surface area contributed by atoms with Crippen LogP contribution in [0.15, 0.2) is 33.9 Å². The summed E-state index contributed by atoms with van der Waals surface area (Å²) in [6.45, 7) is 2.11. The van der Waals surface area contributed by atoms with Crippen molar-refractivity contribution < 1.29 is 8.42 Å². The Morgan fingerprint density at radius 3 is 2.74 bits per heavy atom. The van der Waals surface area contributed by atoms with Gasteiger partial charge < -0.3 is 5.73 Å². The van der Waals surface area contributed by atoms with Gasteiger partial charge in [0.25, 0.3) is 0 Å². The van der Waals surface area contributed by atoms with Crippen molar-refractivity contribution in [3.8, 4) is 0 Å². The maximum Gasteiger partial charge on any atom is 0.241 e. The van der Waals surface area contributed by atoms with Crippen molar-refractivity contribution in [1.29, 1.82) is 0 Å². The molecule has 19 heavy (non-hydrogen) atoms. The van der Waals surface area contributed by atoms with E-state index in [-0.39, 0.29) is 12.6 Å². The van der Waals surface area contributed by atoms with Gasteiger partial charge in [-0.1, -0.05) is 6.07 Å². The Balaban J connectivity index is 2.09. The largest absolute Gasteiger partial charge is 0.326 e. The first-order valence-electron chi connectivity index (χ1n) is 5.84. The van der Waals surface area contributed by atoms with Crippen LogP contribution in [0.25, 0.3) is 0 Å². The van der Waals surface area contributed by atoms with Gasteiger partial charge in [-0.3, -0.25) is 0 Å². The molecular formula is C12H16N2O2S3. The van der Waals surface area contributed by atoms with Gasteiger partial charge in [-0.15, -0.1) is 22.7 Å². The molecule has 2 aromatic heterocycles. The maximum atomic E-state index is 12.3. The number of nitrogens with two attached hydrogens (primary N) is 1.